The molecule has 0 aromatic heterocycles. The van der Waals surface area contributed by atoms with E-state index in [1.807, 2.05) is 18.2 Å². The van der Waals surface area contributed by atoms with Gasteiger partial charge in [0.25, 0.3) is 0 Å². The number of alkyl halides is 1. The van der Waals surface area contributed by atoms with Crippen molar-refractivity contribution in [1.82, 2.24) is 5.32 Å². The molecule has 0 unspecified atom stereocenters. The summed E-state index contributed by atoms with van der Waals surface area (Å²) in [5, 5.41) is 2.95. The largest absolute Gasteiger partial charge is 0.356 e. The number of nitrogens with one attached hydrogen (secondary N) is 1. The number of amides is 1. The zero-order chi connectivity index (χ0) is 11.6. The Morgan fingerprint density at radius 3 is 2.62 bits per heavy atom. The lowest BCUT2D eigenvalue weighted by Crippen LogP contribution is -2.24. The van der Waals surface area contributed by atoms with Crippen LogP contribution < -0.4 is 5.32 Å². The molecule has 0 aliphatic rings. The fourth-order valence-corrected chi connectivity index (χ4v) is 1.98. The van der Waals surface area contributed by atoms with Crippen LogP contribution in [0, 0.1) is 0 Å². The first-order valence-corrected chi connectivity index (χ1v) is 7.22. The summed E-state index contributed by atoms with van der Waals surface area (Å²) in [6.07, 6.45) is 3.69. The molecular formula is C13H18INO. The fraction of sp³-hybridized carbons (Fsp3) is 0.462. The predicted octanol–water partition coefficient (Wildman–Crippen LogP) is 2.95. The third-order valence-corrected chi connectivity index (χ3v) is 3.13. The molecule has 0 aliphatic heterocycles. The van der Waals surface area contributed by atoms with Crippen molar-refractivity contribution in [1.29, 1.82) is 0 Å². The molecule has 0 saturated heterocycles. The van der Waals surface area contributed by atoms with Crippen molar-refractivity contribution in [3.05, 3.63) is 35.9 Å². The average Bonchev–Trinajstić information content (AvgIpc) is 2.33. The summed E-state index contributed by atoms with van der Waals surface area (Å²) in [5.74, 6) is 0.164. The monoisotopic (exact) mass is 331 g/mol. The van der Waals surface area contributed by atoms with Gasteiger partial charge in [-0.1, -0.05) is 52.9 Å². The minimum absolute atomic E-state index is 0.164. The van der Waals surface area contributed by atoms with Crippen LogP contribution in [0.1, 0.15) is 24.8 Å². The summed E-state index contributed by atoms with van der Waals surface area (Å²) in [6.45, 7) is 0.816. The SMILES string of the molecule is O=C(CCc1ccccc1)NCCCCI. The zero-order valence-electron chi connectivity index (χ0n) is 9.42. The molecule has 88 valence electrons. The first-order valence-electron chi connectivity index (χ1n) is 5.69. The Morgan fingerprint density at radius 1 is 1.19 bits per heavy atom. The molecule has 0 radical (unpaired) electrons. The van der Waals surface area contributed by atoms with Crippen LogP contribution in [-0.2, 0) is 11.2 Å². The molecule has 16 heavy (non-hydrogen) atoms. The van der Waals surface area contributed by atoms with Crippen LogP contribution in [0.15, 0.2) is 30.3 Å². The number of carbonyl (C=O) groups excluding carboxylic acids is 1. The Morgan fingerprint density at radius 2 is 1.94 bits per heavy atom. The van der Waals surface area contributed by atoms with E-state index < -0.39 is 0 Å². The Hall–Kier alpha value is -0.580. The van der Waals surface area contributed by atoms with Crippen molar-refractivity contribution in [2.45, 2.75) is 25.7 Å². The van der Waals surface area contributed by atoms with E-state index >= 15 is 0 Å². The van der Waals surface area contributed by atoms with Gasteiger partial charge in [0.2, 0.25) is 5.91 Å². The number of rotatable bonds is 7. The zero-order valence-corrected chi connectivity index (χ0v) is 11.6. The van der Waals surface area contributed by atoms with E-state index in [2.05, 4.69) is 40.0 Å². The molecular weight excluding hydrogens is 313 g/mol. The van der Waals surface area contributed by atoms with E-state index in [9.17, 15) is 4.79 Å². The summed E-state index contributed by atoms with van der Waals surface area (Å²) >= 11 is 2.36. The standard InChI is InChI=1S/C13H18INO/c14-10-4-5-11-15-13(16)9-8-12-6-2-1-3-7-12/h1-3,6-7H,4-5,8-11H2,(H,15,16). The fourth-order valence-electron chi connectivity index (χ4n) is 1.44. The minimum atomic E-state index is 0.164. The van der Waals surface area contributed by atoms with Crippen molar-refractivity contribution < 1.29 is 4.79 Å². The van der Waals surface area contributed by atoms with Crippen molar-refractivity contribution >= 4 is 28.5 Å². The van der Waals surface area contributed by atoms with Crippen LogP contribution >= 0.6 is 22.6 Å². The van der Waals surface area contributed by atoms with Crippen molar-refractivity contribution in [2.24, 2.45) is 0 Å². The molecule has 1 aromatic carbocycles. The van der Waals surface area contributed by atoms with Crippen LogP contribution in [0.4, 0.5) is 0 Å². The molecule has 1 amide bonds. The van der Waals surface area contributed by atoms with E-state index in [0.717, 1.165) is 23.8 Å². The summed E-state index contributed by atoms with van der Waals surface area (Å²) in [4.78, 5) is 11.5. The number of hydrogen-bond acceptors (Lipinski definition) is 1. The van der Waals surface area contributed by atoms with E-state index in [4.69, 9.17) is 0 Å². The van der Waals surface area contributed by atoms with E-state index in [1.165, 1.54) is 12.0 Å². The molecule has 0 heterocycles. The van der Waals surface area contributed by atoms with Crippen LogP contribution in [0.5, 0.6) is 0 Å². The highest BCUT2D eigenvalue weighted by Gasteiger charge is 2.00. The Labute approximate surface area is 111 Å². The minimum Gasteiger partial charge on any atom is -0.356 e. The van der Waals surface area contributed by atoms with Crippen LogP contribution in [0.2, 0.25) is 0 Å². The smallest absolute Gasteiger partial charge is 0.220 e. The molecule has 1 aromatic rings. The summed E-state index contributed by atoms with van der Waals surface area (Å²) in [7, 11) is 0. The summed E-state index contributed by atoms with van der Waals surface area (Å²) < 4.78 is 1.16. The molecule has 0 spiro atoms. The van der Waals surface area contributed by atoms with Gasteiger partial charge in [0.15, 0.2) is 0 Å². The first kappa shape index (κ1) is 13.5. The van der Waals surface area contributed by atoms with Gasteiger partial charge in [-0.15, -0.1) is 0 Å². The molecule has 0 atom stereocenters. The Bertz CT molecular complexity index is 300. The van der Waals surface area contributed by atoms with Crippen LogP contribution in [0.25, 0.3) is 0 Å². The lowest BCUT2D eigenvalue weighted by molar-refractivity contribution is -0.121. The number of unbranched alkanes of at least 4 members (excludes halogenated alkanes) is 1. The lowest BCUT2D eigenvalue weighted by Gasteiger charge is -2.04. The molecule has 0 fully saturated rings. The number of aryl methyl sites for hydroxylation is 1. The maximum Gasteiger partial charge on any atom is 0.220 e. The second kappa shape index (κ2) is 8.56. The van der Waals surface area contributed by atoms with Gasteiger partial charge < -0.3 is 5.32 Å². The highest BCUT2D eigenvalue weighted by Crippen LogP contribution is 2.02. The van der Waals surface area contributed by atoms with Gasteiger partial charge in [-0.2, -0.15) is 0 Å². The normalized spacial score (nSPS) is 10.1. The topological polar surface area (TPSA) is 29.1 Å². The molecule has 1 N–H and O–H groups in total. The molecule has 0 bridgehead atoms. The van der Waals surface area contributed by atoms with Crippen molar-refractivity contribution in [2.75, 3.05) is 11.0 Å². The summed E-state index contributed by atoms with van der Waals surface area (Å²) in [5.41, 5.74) is 1.23. The number of benzene rings is 1. The molecule has 0 aliphatic carbocycles. The maximum atomic E-state index is 11.5. The highest BCUT2D eigenvalue weighted by atomic mass is 127. The molecule has 3 heteroatoms. The van der Waals surface area contributed by atoms with Crippen molar-refractivity contribution in [3.63, 3.8) is 0 Å². The van der Waals surface area contributed by atoms with Gasteiger partial charge in [0, 0.05) is 13.0 Å². The number of carbonyl (C=O) groups is 1. The van der Waals surface area contributed by atoms with Gasteiger partial charge in [0.1, 0.15) is 0 Å². The Balaban J connectivity index is 2.11. The van der Waals surface area contributed by atoms with Gasteiger partial charge in [-0.3, -0.25) is 4.79 Å². The van der Waals surface area contributed by atoms with E-state index in [0.29, 0.717) is 6.42 Å². The van der Waals surface area contributed by atoms with Crippen LogP contribution in [-0.4, -0.2) is 16.9 Å². The highest BCUT2D eigenvalue weighted by molar-refractivity contribution is 14.1. The van der Waals surface area contributed by atoms with Crippen LogP contribution in [0.3, 0.4) is 0 Å². The molecule has 0 saturated carbocycles. The van der Waals surface area contributed by atoms with E-state index in [-0.39, 0.29) is 5.91 Å². The van der Waals surface area contributed by atoms with Gasteiger partial charge in [-0.25, -0.2) is 0 Å². The van der Waals surface area contributed by atoms with Gasteiger partial charge in [-0.05, 0) is 29.3 Å². The molecule has 1 rings (SSSR count). The van der Waals surface area contributed by atoms with E-state index in [1.54, 1.807) is 0 Å². The van der Waals surface area contributed by atoms with Crippen molar-refractivity contribution in [3.8, 4) is 0 Å². The second-order valence-electron chi connectivity index (χ2n) is 3.73. The maximum absolute atomic E-state index is 11.5. The second-order valence-corrected chi connectivity index (χ2v) is 4.81. The van der Waals surface area contributed by atoms with Gasteiger partial charge >= 0.3 is 0 Å². The Kier molecular flexibility index (Phi) is 7.21. The van der Waals surface area contributed by atoms with Gasteiger partial charge in [0.05, 0.1) is 0 Å². The summed E-state index contributed by atoms with van der Waals surface area (Å²) in [6, 6.07) is 10.1. The third-order valence-electron chi connectivity index (χ3n) is 2.37. The average molecular weight is 331 g/mol. The predicted molar refractivity (Wildman–Crippen MR) is 75.9 cm³/mol. The molecule has 2 nitrogen and oxygen atoms in total. The quantitative estimate of drug-likeness (QED) is 0.465. The third kappa shape index (κ3) is 6.10. The lowest BCUT2D eigenvalue weighted by atomic mass is 10.1. The first-order chi connectivity index (χ1) is 7.83. The number of hydrogen-bond donors (Lipinski definition) is 1. The number of halogens is 1.